The summed E-state index contributed by atoms with van der Waals surface area (Å²) in [5.74, 6) is -4.00. The van der Waals surface area contributed by atoms with Crippen molar-refractivity contribution in [2.24, 2.45) is 11.8 Å². The summed E-state index contributed by atoms with van der Waals surface area (Å²) in [6.45, 7) is 1.71. The van der Waals surface area contributed by atoms with Gasteiger partial charge in [-0.1, -0.05) is 0 Å². The Bertz CT molecular complexity index is 754. The number of rotatable bonds is 5. The molecular weight excluding hydrogens is 436 g/mol. The average Bonchev–Trinajstić information content (AvgIpc) is 2.94. The molecule has 0 unspecified atom stereocenters. The Morgan fingerprint density at radius 3 is 2.28 bits per heavy atom. The minimum absolute atomic E-state index is 0.145. The maximum atomic E-state index is 12.2. The van der Waals surface area contributed by atoms with Gasteiger partial charge in [0.05, 0.1) is 37.6 Å². The number of hydrogen-bond acceptors (Lipinski definition) is 13. The highest BCUT2D eigenvalue weighted by Crippen LogP contribution is 2.51. The van der Waals surface area contributed by atoms with Crippen LogP contribution in [0.25, 0.3) is 0 Å². The number of aliphatic hydroxyl groups excluding tert-OH is 6. The topological polar surface area (TPSA) is 202 Å². The molecule has 1 saturated heterocycles. The second-order valence-corrected chi connectivity index (χ2v) is 8.17. The molecule has 6 N–H and O–H groups in total. The Morgan fingerprint density at radius 1 is 1.06 bits per heavy atom. The molecule has 13 heteroatoms. The molecule has 1 aliphatic carbocycles. The highest BCUT2D eigenvalue weighted by Gasteiger charge is 2.66. The van der Waals surface area contributed by atoms with Gasteiger partial charge in [-0.25, -0.2) is 4.79 Å². The monoisotopic (exact) mass is 464 g/mol. The van der Waals surface area contributed by atoms with E-state index in [4.69, 9.17) is 23.7 Å². The summed E-state index contributed by atoms with van der Waals surface area (Å²) in [7, 11) is 1.11. The summed E-state index contributed by atoms with van der Waals surface area (Å²) in [6, 6.07) is 0. The maximum absolute atomic E-state index is 12.2. The molecular formula is C19H28O13. The van der Waals surface area contributed by atoms with Gasteiger partial charge < -0.3 is 54.3 Å². The van der Waals surface area contributed by atoms with E-state index in [9.17, 15) is 40.2 Å². The van der Waals surface area contributed by atoms with E-state index in [1.165, 1.54) is 6.92 Å². The predicted molar refractivity (Wildman–Crippen MR) is 99.0 cm³/mol. The van der Waals surface area contributed by atoms with Gasteiger partial charge in [-0.05, 0) is 6.92 Å². The minimum atomic E-state index is -1.80. The van der Waals surface area contributed by atoms with Gasteiger partial charge in [-0.2, -0.15) is 0 Å². The van der Waals surface area contributed by atoms with Crippen molar-refractivity contribution in [2.45, 2.75) is 68.7 Å². The molecule has 13 nitrogen and oxygen atoms in total. The molecule has 0 aromatic heterocycles. The molecule has 2 fully saturated rings. The van der Waals surface area contributed by atoms with Crippen molar-refractivity contribution in [1.82, 2.24) is 0 Å². The van der Waals surface area contributed by atoms with Gasteiger partial charge in [0.2, 0.25) is 6.29 Å². The third-order valence-corrected chi connectivity index (χ3v) is 6.21. The van der Waals surface area contributed by atoms with Crippen LogP contribution in [0.3, 0.4) is 0 Å². The van der Waals surface area contributed by atoms with Crippen LogP contribution in [-0.2, 0) is 33.3 Å². The summed E-state index contributed by atoms with van der Waals surface area (Å²) in [4.78, 5) is 24.0. The van der Waals surface area contributed by atoms with E-state index in [1.54, 1.807) is 0 Å². The van der Waals surface area contributed by atoms with Crippen molar-refractivity contribution in [3.63, 3.8) is 0 Å². The van der Waals surface area contributed by atoms with Crippen LogP contribution in [0.15, 0.2) is 11.8 Å². The molecule has 1 saturated carbocycles. The van der Waals surface area contributed by atoms with Crippen LogP contribution in [-0.4, -0.2) is 111 Å². The van der Waals surface area contributed by atoms with E-state index in [0.717, 1.165) is 20.3 Å². The first-order valence-electron chi connectivity index (χ1n) is 9.93. The predicted octanol–water partition coefficient (Wildman–Crippen LogP) is -3.49. The molecule has 2 heterocycles. The lowest BCUT2D eigenvalue weighted by molar-refractivity contribution is -0.347. The van der Waals surface area contributed by atoms with E-state index in [0.29, 0.717) is 0 Å². The molecule has 0 aromatic rings. The van der Waals surface area contributed by atoms with Gasteiger partial charge in [0, 0.05) is 12.8 Å². The molecule has 3 rings (SSSR count). The van der Waals surface area contributed by atoms with E-state index in [2.05, 4.69) is 0 Å². The zero-order valence-electron chi connectivity index (χ0n) is 17.6. The van der Waals surface area contributed by atoms with Crippen molar-refractivity contribution < 1.29 is 63.9 Å². The Hall–Kier alpha value is -1.84. The number of fused-ring (bicyclic) bond motifs is 1. The fourth-order valence-electron chi connectivity index (χ4n) is 4.59. The Labute approximate surface area is 182 Å². The molecule has 11 atom stereocenters. The lowest BCUT2D eigenvalue weighted by Crippen LogP contribution is -2.61. The highest BCUT2D eigenvalue weighted by molar-refractivity contribution is 5.89. The first-order chi connectivity index (χ1) is 15.0. The van der Waals surface area contributed by atoms with Crippen LogP contribution < -0.4 is 0 Å². The summed E-state index contributed by atoms with van der Waals surface area (Å²) < 4.78 is 26.5. The number of esters is 2. The van der Waals surface area contributed by atoms with Gasteiger partial charge in [-0.15, -0.1) is 0 Å². The largest absolute Gasteiger partial charge is 0.471 e. The van der Waals surface area contributed by atoms with Crippen LogP contribution in [0.1, 0.15) is 13.8 Å². The number of hydrogen-bond donors (Lipinski definition) is 6. The SMILES string of the molecule is COC(=O)C1=CO[C@@H](O[C@@H]2O[C@H](CO)[C@@H](O)[C@H](O)[C@H]2O)[C@H]2[C@@H]1[C@H](O)[C@H](O)[C@]2(C)OC(C)=O. The Balaban J connectivity index is 1.97. The standard InChI is InChI=1S/C19H28O13/c1-6(21)32-19(2)10-9(12(23)15(19)26)7(16(27)28-3)5-29-17(10)31-18-14(25)13(24)11(22)8(4-20)30-18/h5,8-15,17-18,20,22-26H,4H2,1-3H3/t8-,9-,10-,11-,12+,13+,14-,15+,17+,18+,19-/m1/s1. The van der Waals surface area contributed by atoms with Crippen molar-refractivity contribution in [3.8, 4) is 0 Å². The highest BCUT2D eigenvalue weighted by atomic mass is 16.8. The minimum Gasteiger partial charge on any atom is -0.471 e. The second kappa shape index (κ2) is 9.19. The van der Waals surface area contributed by atoms with Crippen LogP contribution >= 0.6 is 0 Å². The van der Waals surface area contributed by atoms with Crippen LogP contribution in [0.2, 0.25) is 0 Å². The zero-order chi connectivity index (χ0) is 24.0. The lowest BCUT2D eigenvalue weighted by Gasteiger charge is -2.44. The fraction of sp³-hybridized carbons (Fsp3) is 0.789. The molecule has 0 amide bonds. The quantitative estimate of drug-likeness (QED) is 0.219. The normalized spacial score (nSPS) is 46.0. The summed E-state index contributed by atoms with van der Waals surface area (Å²) in [5, 5.41) is 61.0. The van der Waals surface area contributed by atoms with Gasteiger partial charge in [-0.3, -0.25) is 4.79 Å². The molecule has 0 aromatic carbocycles. The lowest BCUT2D eigenvalue weighted by atomic mass is 9.80. The third-order valence-electron chi connectivity index (χ3n) is 6.21. The maximum Gasteiger partial charge on any atom is 0.337 e. The molecule has 0 spiro atoms. The first kappa shape index (κ1) is 24.8. The summed E-state index contributed by atoms with van der Waals surface area (Å²) in [5.41, 5.74) is -1.95. The Morgan fingerprint density at radius 2 is 1.72 bits per heavy atom. The van der Waals surface area contributed by atoms with Gasteiger partial charge >= 0.3 is 11.9 Å². The summed E-state index contributed by atoms with van der Waals surface area (Å²) >= 11 is 0. The molecule has 0 bridgehead atoms. The number of aliphatic hydroxyl groups is 6. The molecule has 32 heavy (non-hydrogen) atoms. The first-order valence-corrected chi connectivity index (χ1v) is 9.93. The van der Waals surface area contributed by atoms with Crippen molar-refractivity contribution in [3.05, 3.63) is 11.8 Å². The number of methoxy groups -OCH3 is 1. The summed E-state index contributed by atoms with van der Waals surface area (Å²) in [6.07, 6.45) is -11.8. The van der Waals surface area contributed by atoms with Crippen LogP contribution in [0, 0.1) is 11.8 Å². The molecule has 3 aliphatic rings. The van der Waals surface area contributed by atoms with Crippen LogP contribution in [0.4, 0.5) is 0 Å². The van der Waals surface area contributed by atoms with E-state index < -0.39 is 85.2 Å². The van der Waals surface area contributed by atoms with E-state index >= 15 is 0 Å². The average molecular weight is 464 g/mol. The third kappa shape index (κ3) is 3.99. The van der Waals surface area contributed by atoms with Gasteiger partial charge in [0.1, 0.15) is 36.1 Å². The van der Waals surface area contributed by atoms with Crippen molar-refractivity contribution >= 4 is 11.9 Å². The van der Waals surface area contributed by atoms with Gasteiger partial charge in [0.25, 0.3) is 0 Å². The van der Waals surface area contributed by atoms with E-state index in [1.807, 2.05) is 0 Å². The molecule has 0 radical (unpaired) electrons. The number of ether oxygens (including phenoxy) is 5. The molecule has 182 valence electrons. The number of carbonyl (C=O) groups is 2. The Kier molecular flexibility index (Phi) is 7.12. The molecule has 2 aliphatic heterocycles. The van der Waals surface area contributed by atoms with Crippen LogP contribution in [0.5, 0.6) is 0 Å². The second-order valence-electron chi connectivity index (χ2n) is 8.17. The zero-order valence-corrected chi connectivity index (χ0v) is 17.6. The van der Waals surface area contributed by atoms with Crippen molar-refractivity contribution in [1.29, 1.82) is 0 Å². The van der Waals surface area contributed by atoms with Crippen molar-refractivity contribution in [2.75, 3.05) is 13.7 Å². The smallest absolute Gasteiger partial charge is 0.337 e. The van der Waals surface area contributed by atoms with E-state index in [-0.39, 0.29) is 5.57 Å². The number of carbonyl (C=O) groups excluding carboxylic acids is 2. The fourth-order valence-corrected chi connectivity index (χ4v) is 4.59. The van der Waals surface area contributed by atoms with Gasteiger partial charge in [0.15, 0.2) is 6.29 Å².